The van der Waals surface area contributed by atoms with Crippen molar-refractivity contribution in [3.05, 3.63) is 110 Å². The maximum absolute atomic E-state index is 4.97. The maximum atomic E-state index is 4.97. The molecular formula is C28H19BrN2S. The Morgan fingerprint density at radius 3 is 2.66 bits per heavy atom. The third-order valence-electron chi connectivity index (χ3n) is 7.15. The van der Waals surface area contributed by atoms with Gasteiger partial charge in [0.2, 0.25) is 0 Å². The highest BCUT2D eigenvalue weighted by Crippen LogP contribution is 2.50. The molecule has 1 atom stereocenters. The minimum absolute atomic E-state index is 0.0309. The van der Waals surface area contributed by atoms with Crippen LogP contribution in [0.15, 0.2) is 87.4 Å². The number of allylic oxidation sites excluding steroid dienone is 4. The molecule has 0 amide bonds. The van der Waals surface area contributed by atoms with Crippen molar-refractivity contribution in [1.82, 2.24) is 4.98 Å². The first kappa shape index (κ1) is 18.7. The third kappa shape index (κ3) is 2.45. The van der Waals surface area contributed by atoms with Gasteiger partial charge in [-0.1, -0.05) is 66.2 Å². The van der Waals surface area contributed by atoms with Gasteiger partial charge in [0.15, 0.2) is 0 Å². The zero-order valence-electron chi connectivity index (χ0n) is 17.7. The van der Waals surface area contributed by atoms with Crippen LogP contribution < -0.4 is 10.6 Å². The van der Waals surface area contributed by atoms with Crippen LogP contribution in [0.5, 0.6) is 0 Å². The average molecular weight is 495 g/mol. The summed E-state index contributed by atoms with van der Waals surface area (Å²) in [5, 5.41) is 2.28. The molecule has 1 aromatic heterocycles. The molecule has 32 heavy (non-hydrogen) atoms. The van der Waals surface area contributed by atoms with E-state index in [9.17, 15) is 0 Å². The molecule has 2 aliphatic carbocycles. The van der Waals surface area contributed by atoms with Gasteiger partial charge in [0.25, 0.3) is 0 Å². The van der Waals surface area contributed by atoms with Crippen molar-refractivity contribution in [3.63, 3.8) is 0 Å². The van der Waals surface area contributed by atoms with Gasteiger partial charge in [0, 0.05) is 21.0 Å². The van der Waals surface area contributed by atoms with Crippen molar-refractivity contribution >= 4 is 43.1 Å². The summed E-state index contributed by atoms with van der Waals surface area (Å²) >= 11 is 5.34. The van der Waals surface area contributed by atoms with E-state index in [1.807, 2.05) is 5.51 Å². The summed E-state index contributed by atoms with van der Waals surface area (Å²) in [6.45, 7) is 4.67. The van der Waals surface area contributed by atoms with Crippen molar-refractivity contribution < 1.29 is 0 Å². The number of hydrogen-bond acceptors (Lipinski definition) is 3. The number of aromatic nitrogens is 1. The standard InChI is InChI=1S/C28H19BrN2S/c1-28(2)21-10-15(6-8-18(21)19-9-7-16(29)11-22(19)28)17-4-3-5-23-27(17)20-12-25-26(32-14-30-25)13-24(20)31-23/h3-14,17H,1-2H3. The molecule has 0 fully saturated rings. The van der Waals surface area contributed by atoms with Crippen LogP contribution in [-0.2, 0) is 5.41 Å². The largest absolute Gasteiger partial charge is 0.248 e. The second-order valence-corrected chi connectivity index (χ2v) is 11.1. The molecule has 0 spiro atoms. The molecule has 3 aromatic carbocycles. The Hall–Kier alpha value is -2.82. The van der Waals surface area contributed by atoms with Gasteiger partial charge in [-0.25, -0.2) is 9.98 Å². The fourth-order valence-electron chi connectivity index (χ4n) is 5.54. The normalized spacial score (nSPS) is 19.3. The lowest BCUT2D eigenvalue weighted by Gasteiger charge is -2.24. The summed E-state index contributed by atoms with van der Waals surface area (Å²) in [4.78, 5) is 9.52. The molecule has 3 aliphatic rings. The second-order valence-electron chi connectivity index (χ2n) is 9.25. The second kappa shape index (κ2) is 6.37. The molecule has 7 rings (SSSR count). The molecular weight excluding hydrogens is 476 g/mol. The summed E-state index contributed by atoms with van der Waals surface area (Å²) in [5.74, 6) is 0.188. The van der Waals surface area contributed by atoms with Crippen molar-refractivity contribution in [2.45, 2.75) is 25.2 Å². The predicted octanol–water partition coefficient (Wildman–Crippen LogP) is 6.39. The highest BCUT2D eigenvalue weighted by molar-refractivity contribution is 9.10. The van der Waals surface area contributed by atoms with Crippen molar-refractivity contribution in [2.24, 2.45) is 4.99 Å². The minimum Gasteiger partial charge on any atom is -0.248 e. The lowest BCUT2D eigenvalue weighted by molar-refractivity contribution is 0.658. The molecule has 0 bridgehead atoms. The van der Waals surface area contributed by atoms with E-state index in [0.717, 1.165) is 21.0 Å². The number of thiazole rings is 1. The molecule has 0 N–H and O–H groups in total. The van der Waals surface area contributed by atoms with Gasteiger partial charge in [-0.05, 0) is 63.7 Å². The zero-order chi connectivity index (χ0) is 21.6. The van der Waals surface area contributed by atoms with Gasteiger partial charge in [0.05, 0.1) is 26.8 Å². The Morgan fingerprint density at radius 2 is 1.78 bits per heavy atom. The number of nitrogens with zero attached hydrogens (tertiary/aromatic N) is 2. The highest BCUT2D eigenvalue weighted by Gasteiger charge is 2.36. The molecule has 2 heterocycles. The van der Waals surface area contributed by atoms with Gasteiger partial charge in [-0.3, -0.25) is 0 Å². The van der Waals surface area contributed by atoms with Gasteiger partial charge in [-0.15, -0.1) is 11.3 Å². The van der Waals surface area contributed by atoms with Crippen LogP contribution in [0, 0.1) is 0 Å². The quantitative estimate of drug-likeness (QED) is 0.301. The summed E-state index contributed by atoms with van der Waals surface area (Å²) in [5.41, 5.74) is 12.1. The SMILES string of the molecule is CC1(C)c2cc(Br)ccc2-c2ccc(C3C=CC=C4N=c5cc6scnc6cc5=C43)cc21. The lowest BCUT2D eigenvalue weighted by atomic mass is 9.79. The van der Waals surface area contributed by atoms with E-state index in [0.29, 0.717) is 0 Å². The number of rotatable bonds is 1. The van der Waals surface area contributed by atoms with Crippen molar-refractivity contribution in [2.75, 3.05) is 0 Å². The van der Waals surface area contributed by atoms with E-state index in [1.54, 1.807) is 11.3 Å². The number of hydrogen-bond donors (Lipinski definition) is 0. The van der Waals surface area contributed by atoms with Gasteiger partial charge in [0.1, 0.15) is 0 Å². The van der Waals surface area contributed by atoms with E-state index >= 15 is 0 Å². The summed E-state index contributed by atoms with van der Waals surface area (Å²) in [6.07, 6.45) is 6.60. The average Bonchev–Trinajstić information content (AvgIpc) is 3.45. The third-order valence-corrected chi connectivity index (χ3v) is 8.43. The molecule has 1 unspecified atom stereocenters. The van der Waals surface area contributed by atoms with Crippen LogP contribution in [0.4, 0.5) is 0 Å². The van der Waals surface area contributed by atoms with Gasteiger partial charge < -0.3 is 0 Å². The van der Waals surface area contributed by atoms with E-state index in [4.69, 9.17) is 4.99 Å². The minimum atomic E-state index is -0.0309. The van der Waals surface area contributed by atoms with Crippen LogP contribution in [0.1, 0.15) is 36.5 Å². The Bertz CT molecular complexity index is 1670. The molecule has 0 saturated carbocycles. The van der Waals surface area contributed by atoms with Crippen LogP contribution in [0.25, 0.3) is 26.9 Å². The van der Waals surface area contributed by atoms with E-state index in [1.165, 1.54) is 43.3 Å². The Morgan fingerprint density at radius 1 is 0.969 bits per heavy atom. The van der Waals surface area contributed by atoms with Crippen molar-refractivity contribution in [1.29, 1.82) is 0 Å². The van der Waals surface area contributed by atoms with Gasteiger partial charge in [-0.2, -0.15) is 0 Å². The zero-order valence-corrected chi connectivity index (χ0v) is 20.1. The first-order valence-electron chi connectivity index (χ1n) is 10.8. The number of halogens is 1. The first-order chi connectivity index (χ1) is 15.5. The van der Waals surface area contributed by atoms with Crippen LogP contribution >= 0.6 is 27.3 Å². The maximum Gasteiger partial charge on any atom is 0.0819 e. The number of benzene rings is 3. The fourth-order valence-corrected chi connectivity index (χ4v) is 6.59. The smallest absolute Gasteiger partial charge is 0.0819 e. The monoisotopic (exact) mass is 494 g/mol. The van der Waals surface area contributed by atoms with Crippen molar-refractivity contribution in [3.8, 4) is 11.1 Å². The van der Waals surface area contributed by atoms with Crippen LogP contribution in [0.3, 0.4) is 0 Å². The molecule has 4 aromatic rings. The molecule has 154 valence electrons. The number of fused-ring (bicyclic) bond motifs is 6. The molecule has 0 radical (unpaired) electrons. The topological polar surface area (TPSA) is 25.2 Å². The fraction of sp³-hybridized carbons (Fsp3) is 0.143. The summed E-state index contributed by atoms with van der Waals surface area (Å²) in [7, 11) is 0. The lowest BCUT2D eigenvalue weighted by Crippen LogP contribution is -2.24. The van der Waals surface area contributed by atoms with Gasteiger partial charge >= 0.3 is 0 Å². The van der Waals surface area contributed by atoms with Crippen LogP contribution in [-0.4, -0.2) is 4.98 Å². The van der Waals surface area contributed by atoms with E-state index in [2.05, 4.69) is 102 Å². The predicted molar refractivity (Wildman–Crippen MR) is 135 cm³/mol. The Labute approximate surface area is 198 Å². The van der Waals surface area contributed by atoms with Crippen LogP contribution in [0.2, 0.25) is 0 Å². The van der Waals surface area contributed by atoms with E-state index < -0.39 is 0 Å². The molecule has 0 saturated heterocycles. The highest BCUT2D eigenvalue weighted by atomic mass is 79.9. The Kier molecular flexibility index (Phi) is 3.73. The summed E-state index contributed by atoms with van der Waals surface area (Å²) < 4.78 is 2.33. The summed E-state index contributed by atoms with van der Waals surface area (Å²) in [6, 6.07) is 18.1. The van der Waals surface area contributed by atoms with E-state index in [-0.39, 0.29) is 11.3 Å². The molecule has 4 heteroatoms. The first-order valence-corrected chi connectivity index (χ1v) is 12.5. The molecule has 1 aliphatic heterocycles. The Balaban J connectivity index is 1.43. The molecule has 2 nitrogen and oxygen atoms in total.